The number of nitrogens with one attached hydrogen (secondary N) is 1. The molecule has 2 rings (SSSR count). The smallest absolute Gasteiger partial charge is 0.262 e. The number of carbonyl (C=O) groups excluding carboxylic acids is 1. The van der Waals surface area contributed by atoms with Gasteiger partial charge in [-0.25, -0.2) is 4.39 Å². The van der Waals surface area contributed by atoms with E-state index < -0.39 is 5.82 Å². The van der Waals surface area contributed by atoms with Crippen LogP contribution in [0.1, 0.15) is 20.8 Å². The maximum Gasteiger partial charge on any atom is 0.262 e. The molecule has 0 saturated heterocycles. The molecule has 0 fully saturated rings. The van der Waals surface area contributed by atoms with Crippen LogP contribution in [-0.4, -0.2) is 17.6 Å². The summed E-state index contributed by atoms with van der Waals surface area (Å²) in [6.45, 7) is -0.0193. The number of aliphatic hydroxyl groups excluding tert-OH is 1. The lowest BCUT2D eigenvalue weighted by atomic mass is 10.2. The molecule has 1 heterocycles. The molecule has 1 amide bonds. The summed E-state index contributed by atoms with van der Waals surface area (Å²) in [7, 11) is 0. The molecule has 0 bridgehead atoms. The minimum absolute atomic E-state index is 0.0207. The monoisotopic (exact) mass is 323 g/mol. The topological polar surface area (TPSA) is 49.3 Å². The van der Waals surface area contributed by atoms with Gasteiger partial charge in [-0.05, 0) is 29.1 Å². The minimum atomic E-state index is -0.494. The van der Waals surface area contributed by atoms with Crippen LogP contribution in [0.2, 0.25) is 5.02 Å². The second kappa shape index (κ2) is 7.23. The molecular formula is C15H11ClFNO2S. The van der Waals surface area contributed by atoms with Gasteiger partial charge in [0.1, 0.15) is 17.3 Å². The molecule has 1 aromatic heterocycles. The number of halogens is 2. The molecule has 6 heteroatoms. The second-order valence-electron chi connectivity index (χ2n) is 4.05. The van der Waals surface area contributed by atoms with Crippen LogP contribution in [0, 0.1) is 17.7 Å². The first-order chi connectivity index (χ1) is 10.1. The van der Waals surface area contributed by atoms with Crippen molar-refractivity contribution in [3.8, 4) is 11.8 Å². The molecule has 2 N–H and O–H groups in total. The first-order valence-corrected chi connectivity index (χ1v) is 7.27. The molecule has 3 nitrogen and oxygen atoms in total. The molecule has 0 aliphatic rings. The van der Waals surface area contributed by atoms with E-state index in [1.54, 1.807) is 17.5 Å². The summed E-state index contributed by atoms with van der Waals surface area (Å²) in [6, 6.07) is 6.00. The van der Waals surface area contributed by atoms with Gasteiger partial charge in [-0.1, -0.05) is 29.5 Å². The van der Waals surface area contributed by atoms with E-state index in [-0.39, 0.29) is 24.1 Å². The molecule has 108 valence electrons. The highest BCUT2D eigenvalue weighted by Gasteiger charge is 2.12. The second-order valence-corrected chi connectivity index (χ2v) is 5.38. The number of thiophene rings is 1. The SMILES string of the molecule is O=C(NCc1ccc(F)c(Cl)c1)c1sccc1C#CCO. The standard InChI is InChI=1S/C15H11ClFNO2S/c16-12-8-10(3-4-13(12)17)9-18-15(20)14-11(2-1-6-19)5-7-21-14/h3-5,7-8,19H,6,9H2,(H,18,20). The van der Waals surface area contributed by atoms with E-state index in [1.165, 1.54) is 23.5 Å². The summed E-state index contributed by atoms with van der Waals surface area (Å²) in [6.07, 6.45) is 0. The molecule has 2 aromatic rings. The van der Waals surface area contributed by atoms with Crippen LogP contribution >= 0.6 is 22.9 Å². The highest BCUT2D eigenvalue weighted by Crippen LogP contribution is 2.17. The lowest BCUT2D eigenvalue weighted by molar-refractivity contribution is 0.0955. The van der Waals surface area contributed by atoms with Gasteiger partial charge in [0.15, 0.2) is 0 Å². The van der Waals surface area contributed by atoms with Gasteiger partial charge >= 0.3 is 0 Å². The van der Waals surface area contributed by atoms with Gasteiger partial charge in [0.2, 0.25) is 0 Å². The third-order valence-corrected chi connectivity index (χ3v) is 3.81. The van der Waals surface area contributed by atoms with Crippen molar-refractivity contribution in [2.45, 2.75) is 6.54 Å². The summed E-state index contributed by atoms with van der Waals surface area (Å²) < 4.78 is 13.0. The lowest BCUT2D eigenvalue weighted by Gasteiger charge is -2.05. The molecule has 0 aliphatic carbocycles. The van der Waals surface area contributed by atoms with Gasteiger partial charge in [0.25, 0.3) is 5.91 Å². The summed E-state index contributed by atoms with van der Waals surface area (Å²) in [4.78, 5) is 12.6. The number of hydrogen-bond donors (Lipinski definition) is 2. The van der Waals surface area contributed by atoms with Crippen molar-refractivity contribution in [2.75, 3.05) is 6.61 Å². The Morgan fingerprint density at radius 2 is 2.24 bits per heavy atom. The summed E-state index contributed by atoms with van der Waals surface area (Å²) in [5, 5.41) is 13.2. The number of rotatable bonds is 3. The highest BCUT2D eigenvalue weighted by molar-refractivity contribution is 7.12. The Hall–Kier alpha value is -1.87. The van der Waals surface area contributed by atoms with E-state index >= 15 is 0 Å². The molecule has 1 aromatic carbocycles. The van der Waals surface area contributed by atoms with Crippen molar-refractivity contribution in [1.82, 2.24) is 5.32 Å². The number of carbonyl (C=O) groups is 1. The van der Waals surface area contributed by atoms with Gasteiger partial charge in [0, 0.05) is 12.1 Å². The zero-order valence-electron chi connectivity index (χ0n) is 10.8. The van der Waals surface area contributed by atoms with Crippen LogP contribution in [0.5, 0.6) is 0 Å². The van der Waals surface area contributed by atoms with Gasteiger partial charge in [0.05, 0.1) is 5.02 Å². The Morgan fingerprint density at radius 3 is 2.95 bits per heavy atom. The first-order valence-electron chi connectivity index (χ1n) is 6.01. The fourth-order valence-electron chi connectivity index (χ4n) is 1.63. The third-order valence-electron chi connectivity index (χ3n) is 2.61. The van der Waals surface area contributed by atoms with Crippen molar-refractivity contribution in [2.24, 2.45) is 0 Å². The molecule has 0 unspecified atom stereocenters. The van der Waals surface area contributed by atoms with Crippen molar-refractivity contribution in [1.29, 1.82) is 0 Å². The number of amides is 1. The number of benzene rings is 1. The Kier molecular flexibility index (Phi) is 5.34. The molecule has 0 atom stereocenters. The van der Waals surface area contributed by atoms with Crippen LogP contribution in [0.15, 0.2) is 29.6 Å². The van der Waals surface area contributed by atoms with Crippen LogP contribution < -0.4 is 5.32 Å². The molecule has 0 spiro atoms. The van der Waals surface area contributed by atoms with Crippen LogP contribution in [0.4, 0.5) is 4.39 Å². The fraction of sp³-hybridized carbons (Fsp3) is 0.133. The predicted octanol–water partition coefficient (Wildman–Crippen LogP) is 2.81. The van der Waals surface area contributed by atoms with Gasteiger partial charge in [-0.2, -0.15) is 0 Å². The molecule has 0 radical (unpaired) electrons. The van der Waals surface area contributed by atoms with Crippen LogP contribution in [0.3, 0.4) is 0 Å². The van der Waals surface area contributed by atoms with Crippen LogP contribution in [0.25, 0.3) is 0 Å². The zero-order chi connectivity index (χ0) is 15.2. The maximum atomic E-state index is 13.0. The van der Waals surface area contributed by atoms with Gasteiger partial charge < -0.3 is 10.4 Å². The average molecular weight is 324 g/mol. The van der Waals surface area contributed by atoms with Gasteiger partial charge in [-0.3, -0.25) is 4.79 Å². The maximum absolute atomic E-state index is 13.0. The van der Waals surface area contributed by atoms with E-state index in [4.69, 9.17) is 16.7 Å². The van der Waals surface area contributed by atoms with Crippen LogP contribution in [-0.2, 0) is 6.54 Å². The van der Waals surface area contributed by atoms with Crippen molar-refractivity contribution >= 4 is 28.8 Å². The summed E-state index contributed by atoms with van der Waals surface area (Å²) in [5.74, 6) is 4.46. The normalized spacial score (nSPS) is 9.86. The van der Waals surface area contributed by atoms with Crippen molar-refractivity contribution in [3.63, 3.8) is 0 Å². The van der Waals surface area contributed by atoms with E-state index in [1.807, 2.05) is 0 Å². The van der Waals surface area contributed by atoms with E-state index in [0.29, 0.717) is 16.0 Å². The third kappa shape index (κ3) is 4.05. The Balaban J connectivity index is 2.05. The molecular weight excluding hydrogens is 313 g/mol. The van der Waals surface area contributed by atoms with Crippen molar-refractivity contribution < 1.29 is 14.3 Å². The van der Waals surface area contributed by atoms with E-state index in [2.05, 4.69) is 17.2 Å². The average Bonchev–Trinajstić information content (AvgIpc) is 2.94. The van der Waals surface area contributed by atoms with Crippen molar-refractivity contribution in [3.05, 3.63) is 56.5 Å². The first kappa shape index (κ1) is 15.5. The summed E-state index contributed by atoms with van der Waals surface area (Å²) >= 11 is 6.95. The lowest BCUT2D eigenvalue weighted by Crippen LogP contribution is -2.22. The fourth-order valence-corrected chi connectivity index (χ4v) is 2.60. The minimum Gasteiger partial charge on any atom is -0.384 e. The molecule has 0 saturated carbocycles. The molecule has 21 heavy (non-hydrogen) atoms. The Labute approximate surface area is 130 Å². The quantitative estimate of drug-likeness (QED) is 0.853. The summed E-state index contributed by atoms with van der Waals surface area (Å²) in [5.41, 5.74) is 1.28. The molecule has 0 aliphatic heterocycles. The zero-order valence-corrected chi connectivity index (χ0v) is 12.4. The Bertz CT molecular complexity index is 718. The number of aliphatic hydroxyl groups is 1. The Morgan fingerprint density at radius 1 is 1.43 bits per heavy atom. The largest absolute Gasteiger partial charge is 0.384 e. The van der Waals surface area contributed by atoms with Gasteiger partial charge in [-0.15, -0.1) is 11.3 Å². The van der Waals surface area contributed by atoms with E-state index in [9.17, 15) is 9.18 Å². The van der Waals surface area contributed by atoms with E-state index in [0.717, 1.165) is 0 Å². The predicted molar refractivity (Wildman–Crippen MR) is 80.9 cm³/mol. The highest BCUT2D eigenvalue weighted by atomic mass is 35.5. The number of hydrogen-bond acceptors (Lipinski definition) is 3.